The predicted octanol–water partition coefficient (Wildman–Crippen LogP) is 2.60. The molecule has 6 heteroatoms. The van der Waals surface area contributed by atoms with Gasteiger partial charge >= 0.3 is 5.97 Å². The van der Waals surface area contributed by atoms with E-state index in [1.165, 1.54) is 7.11 Å². The molecule has 1 aromatic carbocycles. The standard InChI is InChI=1S/C12H12ClNO4/c1-3-17-12(15)6-10-7-4-8(13)11(16-2)5-9(7)14-18-10/h4-5H,3,6H2,1-2H3. The summed E-state index contributed by atoms with van der Waals surface area (Å²) in [6.45, 7) is 2.08. The minimum Gasteiger partial charge on any atom is -0.495 e. The predicted molar refractivity (Wildman–Crippen MR) is 65.9 cm³/mol. The Labute approximate surface area is 109 Å². The van der Waals surface area contributed by atoms with Crippen LogP contribution in [-0.4, -0.2) is 24.8 Å². The molecule has 0 aliphatic heterocycles. The molecule has 0 unspecified atom stereocenters. The maximum Gasteiger partial charge on any atom is 0.313 e. The Balaban J connectivity index is 2.36. The summed E-state index contributed by atoms with van der Waals surface area (Å²) >= 11 is 6.02. The number of aromatic nitrogens is 1. The number of methoxy groups -OCH3 is 1. The first-order chi connectivity index (χ1) is 8.65. The number of esters is 1. The van der Waals surface area contributed by atoms with Gasteiger partial charge in [0.2, 0.25) is 0 Å². The highest BCUT2D eigenvalue weighted by atomic mass is 35.5. The number of rotatable bonds is 4. The molecule has 0 amide bonds. The van der Waals surface area contributed by atoms with Crippen LogP contribution in [0.15, 0.2) is 16.7 Å². The second-order valence-corrected chi connectivity index (χ2v) is 4.00. The minimum atomic E-state index is -0.359. The highest BCUT2D eigenvalue weighted by Gasteiger charge is 2.15. The van der Waals surface area contributed by atoms with Gasteiger partial charge in [0.15, 0.2) is 5.76 Å². The lowest BCUT2D eigenvalue weighted by molar-refractivity contribution is -0.142. The Hall–Kier alpha value is -1.75. The number of ether oxygens (including phenoxy) is 2. The number of hydrogen-bond acceptors (Lipinski definition) is 5. The summed E-state index contributed by atoms with van der Waals surface area (Å²) in [6, 6.07) is 3.33. The van der Waals surface area contributed by atoms with Crippen LogP contribution < -0.4 is 4.74 Å². The number of benzene rings is 1. The summed E-state index contributed by atoms with van der Waals surface area (Å²) in [5, 5.41) is 4.99. The molecule has 96 valence electrons. The van der Waals surface area contributed by atoms with Crippen molar-refractivity contribution in [2.24, 2.45) is 0 Å². The summed E-state index contributed by atoms with van der Waals surface area (Å²) in [4.78, 5) is 11.4. The zero-order chi connectivity index (χ0) is 13.1. The van der Waals surface area contributed by atoms with Crippen molar-refractivity contribution in [3.05, 3.63) is 22.9 Å². The van der Waals surface area contributed by atoms with Gasteiger partial charge in [-0.15, -0.1) is 0 Å². The van der Waals surface area contributed by atoms with Crippen LogP contribution in [0.4, 0.5) is 0 Å². The quantitative estimate of drug-likeness (QED) is 0.799. The molecule has 1 aromatic heterocycles. The van der Waals surface area contributed by atoms with Crippen LogP contribution in [0.2, 0.25) is 5.02 Å². The lowest BCUT2D eigenvalue weighted by Gasteiger charge is -2.02. The van der Waals surface area contributed by atoms with E-state index in [0.717, 1.165) is 0 Å². The Morgan fingerprint density at radius 1 is 1.50 bits per heavy atom. The normalized spacial score (nSPS) is 10.6. The number of halogens is 1. The van der Waals surface area contributed by atoms with Gasteiger partial charge in [0.25, 0.3) is 0 Å². The second-order valence-electron chi connectivity index (χ2n) is 3.59. The third-order valence-electron chi connectivity index (χ3n) is 2.43. The smallest absolute Gasteiger partial charge is 0.313 e. The Morgan fingerprint density at radius 2 is 2.28 bits per heavy atom. The first-order valence-corrected chi connectivity index (χ1v) is 5.81. The fraction of sp³-hybridized carbons (Fsp3) is 0.333. The van der Waals surface area contributed by atoms with Crippen molar-refractivity contribution >= 4 is 28.5 Å². The molecule has 18 heavy (non-hydrogen) atoms. The summed E-state index contributed by atoms with van der Waals surface area (Å²) in [7, 11) is 1.52. The Bertz CT molecular complexity index is 579. The van der Waals surface area contributed by atoms with E-state index < -0.39 is 0 Å². The number of carbonyl (C=O) groups is 1. The van der Waals surface area contributed by atoms with Gasteiger partial charge in [-0.2, -0.15) is 0 Å². The van der Waals surface area contributed by atoms with E-state index in [1.54, 1.807) is 19.1 Å². The van der Waals surface area contributed by atoms with Gasteiger partial charge in [-0.3, -0.25) is 4.79 Å². The van der Waals surface area contributed by atoms with Crippen molar-refractivity contribution in [2.75, 3.05) is 13.7 Å². The Morgan fingerprint density at radius 3 is 2.94 bits per heavy atom. The van der Waals surface area contributed by atoms with Gasteiger partial charge in [-0.05, 0) is 13.0 Å². The summed E-state index contributed by atoms with van der Waals surface area (Å²) in [6.07, 6.45) is 0.0347. The van der Waals surface area contributed by atoms with E-state index in [2.05, 4.69) is 5.16 Å². The lowest BCUT2D eigenvalue weighted by atomic mass is 10.2. The third-order valence-corrected chi connectivity index (χ3v) is 2.73. The first-order valence-electron chi connectivity index (χ1n) is 5.43. The van der Waals surface area contributed by atoms with Gasteiger partial charge < -0.3 is 14.0 Å². The average Bonchev–Trinajstić information content (AvgIpc) is 2.71. The highest BCUT2D eigenvalue weighted by molar-refractivity contribution is 6.32. The van der Waals surface area contributed by atoms with Gasteiger partial charge in [0, 0.05) is 11.5 Å². The van der Waals surface area contributed by atoms with Crippen LogP contribution >= 0.6 is 11.6 Å². The van der Waals surface area contributed by atoms with Crippen molar-refractivity contribution in [3.63, 3.8) is 0 Å². The third kappa shape index (κ3) is 2.41. The number of carbonyl (C=O) groups excluding carboxylic acids is 1. The van der Waals surface area contributed by atoms with E-state index in [-0.39, 0.29) is 12.4 Å². The number of nitrogens with zero attached hydrogens (tertiary/aromatic N) is 1. The number of fused-ring (bicyclic) bond motifs is 1. The molecule has 0 N–H and O–H groups in total. The molecule has 0 radical (unpaired) electrons. The van der Waals surface area contributed by atoms with Crippen LogP contribution in [0.25, 0.3) is 10.9 Å². The zero-order valence-electron chi connectivity index (χ0n) is 10.0. The van der Waals surface area contributed by atoms with Crippen molar-refractivity contribution in [2.45, 2.75) is 13.3 Å². The topological polar surface area (TPSA) is 61.6 Å². The first kappa shape index (κ1) is 12.7. The van der Waals surface area contributed by atoms with Gasteiger partial charge in [-0.25, -0.2) is 0 Å². The molecule has 0 spiro atoms. The maximum atomic E-state index is 11.4. The molecule has 2 aromatic rings. The molecule has 0 fully saturated rings. The van der Waals surface area contributed by atoms with E-state index in [1.807, 2.05) is 0 Å². The molecule has 0 saturated heterocycles. The van der Waals surface area contributed by atoms with Crippen LogP contribution in [0.1, 0.15) is 12.7 Å². The molecule has 5 nitrogen and oxygen atoms in total. The van der Waals surface area contributed by atoms with Gasteiger partial charge in [0.05, 0.1) is 18.7 Å². The van der Waals surface area contributed by atoms with E-state index in [9.17, 15) is 4.79 Å². The molecule has 2 rings (SSSR count). The molecular formula is C12H12ClNO4. The molecule has 1 heterocycles. The molecule has 0 aliphatic carbocycles. The SMILES string of the molecule is CCOC(=O)Cc1onc2cc(OC)c(Cl)cc12. The fourth-order valence-electron chi connectivity index (χ4n) is 1.62. The summed E-state index contributed by atoms with van der Waals surface area (Å²) in [5.74, 6) is 0.593. The van der Waals surface area contributed by atoms with Crippen molar-refractivity contribution in [1.29, 1.82) is 0 Å². The van der Waals surface area contributed by atoms with Crippen molar-refractivity contribution < 1.29 is 18.8 Å². The average molecular weight is 270 g/mol. The van der Waals surface area contributed by atoms with Gasteiger partial charge in [-0.1, -0.05) is 16.8 Å². The van der Waals surface area contributed by atoms with Crippen molar-refractivity contribution in [3.8, 4) is 5.75 Å². The molecule has 0 aliphatic rings. The van der Waals surface area contributed by atoms with Crippen LogP contribution in [-0.2, 0) is 16.0 Å². The lowest BCUT2D eigenvalue weighted by Crippen LogP contribution is -2.06. The van der Waals surface area contributed by atoms with Crippen LogP contribution in [0.5, 0.6) is 5.75 Å². The van der Waals surface area contributed by atoms with Gasteiger partial charge in [0.1, 0.15) is 17.7 Å². The van der Waals surface area contributed by atoms with E-state index in [4.69, 9.17) is 25.6 Å². The second kappa shape index (κ2) is 5.27. The molecular weight excluding hydrogens is 258 g/mol. The minimum absolute atomic E-state index is 0.0347. The highest BCUT2D eigenvalue weighted by Crippen LogP contribution is 2.31. The number of hydrogen-bond donors (Lipinski definition) is 0. The summed E-state index contributed by atoms with van der Waals surface area (Å²) < 4.78 is 15.1. The fourth-order valence-corrected chi connectivity index (χ4v) is 1.86. The maximum absolute atomic E-state index is 11.4. The van der Waals surface area contributed by atoms with E-state index in [0.29, 0.717) is 34.0 Å². The zero-order valence-corrected chi connectivity index (χ0v) is 10.8. The van der Waals surface area contributed by atoms with Crippen molar-refractivity contribution in [1.82, 2.24) is 5.16 Å². The monoisotopic (exact) mass is 269 g/mol. The molecule has 0 bridgehead atoms. The van der Waals surface area contributed by atoms with Crippen LogP contribution in [0, 0.1) is 0 Å². The Kier molecular flexibility index (Phi) is 3.72. The largest absolute Gasteiger partial charge is 0.495 e. The molecule has 0 saturated carbocycles. The van der Waals surface area contributed by atoms with Crippen LogP contribution in [0.3, 0.4) is 0 Å². The molecule has 0 atom stereocenters. The van der Waals surface area contributed by atoms with E-state index >= 15 is 0 Å². The summed E-state index contributed by atoms with van der Waals surface area (Å²) in [5.41, 5.74) is 0.593.